The van der Waals surface area contributed by atoms with Gasteiger partial charge in [0.25, 0.3) is 0 Å². The highest BCUT2D eigenvalue weighted by Crippen LogP contribution is 2.38. The van der Waals surface area contributed by atoms with E-state index in [4.69, 9.17) is 0 Å². The van der Waals surface area contributed by atoms with E-state index in [1.54, 1.807) is 0 Å². The summed E-state index contributed by atoms with van der Waals surface area (Å²) in [6.07, 6.45) is 1.13. The molecule has 3 aromatic rings. The number of anilines is 1. The van der Waals surface area contributed by atoms with Crippen LogP contribution in [0.1, 0.15) is 22.6 Å². The van der Waals surface area contributed by atoms with Crippen molar-refractivity contribution in [1.82, 2.24) is 0 Å². The Morgan fingerprint density at radius 3 is 2.25 bits per heavy atom. The van der Waals surface area contributed by atoms with Gasteiger partial charge in [0.2, 0.25) is 0 Å². The van der Waals surface area contributed by atoms with Crippen LogP contribution in [0.2, 0.25) is 0 Å². The van der Waals surface area contributed by atoms with Gasteiger partial charge in [-0.25, -0.2) is 0 Å². The fourth-order valence-electron chi connectivity index (χ4n) is 3.35. The van der Waals surface area contributed by atoms with Gasteiger partial charge >= 0.3 is 0 Å². The highest BCUT2D eigenvalue weighted by atomic mass is 32.2. The minimum absolute atomic E-state index is 0.560. The molecule has 0 bridgehead atoms. The van der Waals surface area contributed by atoms with Crippen LogP contribution < -0.4 is 4.31 Å². The molecule has 1 atom stereocenters. The number of fused-ring (bicyclic) bond motifs is 1. The minimum Gasteiger partial charge on any atom is -0.315 e. The van der Waals surface area contributed by atoms with Crippen molar-refractivity contribution in [2.45, 2.75) is 18.1 Å². The summed E-state index contributed by atoms with van der Waals surface area (Å²) in [6, 6.07) is 30.5. The second kappa shape index (κ2) is 7.14. The van der Waals surface area contributed by atoms with Crippen LogP contribution in [0.5, 0.6) is 0 Å². The first-order valence-electron chi connectivity index (χ1n) is 8.47. The fraction of sp³-hybridized carbons (Fsp3) is 0.182. The second-order valence-electron chi connectivity index (χ2n) is 6.26. The van der Waals surface area contributed by atoms with Gasteiger partial charge in [-0.3, -0.25) is 0 Å². The van der Waals surface area contributed by atoms with E-state index < -0.39 is 0 Å². The van der Waals surface area contributed by atoms with Crippen LogP contribution in [-0.4, -0.2) is 6.54 Å². The molecule has 1 heterocycles. The highest BCUT2D eigenvalue weighted by Gasteiger charge is 2.25. The van der Waals surface area contributed by atoms with Crippen LogP contribution in [-0.2, 0) is 12.2 Å². The van der Waals surface area contributed by atoms with Crippen molar-refractivity contribution in [3.05, 3.63) is 102 Å². The van der Waals surface area contributed by atoms with E-state index in [2.05, 4.69) is 89.2 Å². The Balaban J connectivity index is 1.57. The van der Waals surface area contributed by atoms with E-state index in [0.717, 1.165) is 18.7 Å². The Bertz CT molecular complexity index is 785. The number of para-hydroxylation sites is 1. The van der Waals surface area contributed by atoms with Crippen LogP contribution in [0.3, 0.4) is 0 Å². The predicted octanol–water partition coefficient (Wildman–Crippen LogP) is 5.68. The summed E-state index contributed by atoms with van der Waals surface area (Å²) in [5.41, 5.74) is 5.66. The van der Waals surface area contributed by atoms with Crippen molar-refractivity contribution in [3.63, 3.8) is 0 Å². The third kappa shape index (κ3) is 3.34. The van der Waals surface area contributed by atoms with E-state index in [1.807, 2.05) is 11.9 Å². The standard InChI is InChI=1S/C22H21NS/c1-3-9-18(10-4-1)17-24-23-16-21(19-11-5-2-6-12-19)15-20-13-7-8-14-22(20)23/h1-14,21H,15-17H2. The monoisotopic (exact) mass is 331 g/mol. The van der Waals surface area contributed by atoms with Gasteiger partial charge in [0.05, 0.1) is 5.69 Å². The lowest BCUT2D eigenvalue weighted by atomic mass is 9.88. The maximum absolute atomic E-state index is 2.49. The zero-order chi connectivity index (χ0) is 16.2. The Morgan fingerprint density at radius 2 is 1.46 bits per heavy atom. The summed E-state index contributed by atoms with van der Waals surface area (Å²) in [5, 5.41) is 0. The molecule has 120 valence electrons. The average Bonchev–Trinajstić information content (AvgIpc) is 2.67. The topological polar surface area (TPSA) is 3.24 Å². The molecule has 2 heteroatoms. The third-order valence-electron chi connectivity index (χ3n) is 4.61. The summed E-state index contributed by atoms with van der Waals surface area (Å²) in [4.78, 5) is 0. The second-order valence-corrected chi connectivity index (χ2v) is 7.25. The first-order valence-corrected chi connectivity index (χ1v) is 9.41. The van der Waals surface area contributed by atoms with Crippen molar-refractivity contribution in [2.24, 2.45) is 0 Å². The summed E-state index contributed by atoms with van der Waals surface area (Å²) < 4.78 is 2.49. The summed E-state index contributed by atoms with van der Waals surface area (Å²) in [5.74, 6) is 1.57. The third-order valence-corrected chi connectivity index (χ3v) is 5.73. The van der Waals surface area contributed by atoms with Gasteiger partial charge < -0.3 is 4.31 Å². The summed E-state index contributed by atoms with van der Waals surface area (Å²) >= 11 is 1.92. The van der Waals surface area contributed by atoms with Gasteiger partial charge in [-0.15, -0.1) is 0 Å². The molecule has 1 nitrogen and oxygen atoms in total. The van der Waals surface area contributed by atoms with Crippen molar-refractivity contribution >= 4 is 17.6 Å². The average molecular weight is 331 g/mol. The van der Waals surface area contributed by atoms with Crippen LogP contribution >= 0.6 is 11.9 Å². The van der Waals surface area contributed by atoms with Gasteiger partial charge in [0.15, 0.2) is 0 Å². The first kappa shape index (κ1) is 15.3. The molecule has 1 unspecified atom stereocenters. The van der Waals surface area contributed by atoms with E-state index in [9.17, 15) is 0 Å². The molecule has 3 aromatic carbocycles. The zero-order valence-corrected chi connectivity index (χ0v) is 14.5. The SMILES string of the molecule is c1ccc(CSN2CC(c3ccccc3)Cc3ccccc32)cc1. The molecule has 0 spiro atoms. The van der Waals surface area contributed by atoms with Gasteiger partial charge in [-0.05, 0) is 41.1 Å². The lowest BCUT2D eigenvalue weighted by Gasteiger charge is -2.35. The predicted molar refractivity (Wildman–Crippen MR) is 104 cm³/mol. The molecule has 0 aliphatic carbocycles. The van der Waals surface area contributed by atoms with Gasteiger partial charge in [-0.2, -0.15) is 0 Å². The number of hydrogen-bond acceptors (Lipinski definition) is 2. The normalized spacial score (nSPS) is 16.7. The molecular formula is C22H21NS. The summed E-state index contributed by atoms with van der Waals surface area (Å²) in [6.45, 7) is 1.07. The van der Waals surface area contributed by atoms with Crippen LogP contribution in [0.15, 0.2) is 84.9 Å². The summed E-state index contributed by atoms with van der Waals surface area (Å²) in [7, 11) is 0. The molecule has 0 amide bonds. The number of benzene rings is 3. The largest absolute Gasteiger partial charge is 0.315 e. The first-order chi connectivity index (χ1) is 11.9. The molecule has 0 fully saturated rings. The fourth-order valence-corrected chi connectivity index (χ4v) is 4.45. The quantitative estimate of drug-likeness (QED) is 0.566. The molecular weight excluding hydrogens is 310 g/mol. The number of hydrogen-bond donors (Lipinski definition) is 0. The van der Waals surface area contributed by atoms with Crippen molar-refractivity contribution in [1.29, 1.82) is 0 Å². The van der Waals surface area contributed by atoms with E-state index >= 15 is 0 Å². The smallest absolute Gasteiger partial charge is 0.0502 e. The molecule has 1 aliphatic rings. The Labute approximate surface area is 148 Å². The molecule has 1 aliphatic heterocycles. The molecule has 0 aromatic heterocycles. The highest BCUT2D eigenvalue weighted by molar-refractivity contribution is 7.99. The molecule has 0 saturated carbocycles. The Hall–Kier alpha value is -2.19. The van der Waals surface area contributed by atoms with Crippen LogP contribution in [0, 0.1) is 0 Å². The van der Waals surface area contributed by atoms with Gasteiger partial charge in [-0.1, -0.05) is 78.9 Å². The van der Waals surface area contributed by atoms with Crippen molar-refractivity contribution in [2.75, 3.05) is 10.8 Å². The Morgan fingerprint density at radius 1 is 0.792 bits per heavy atom. The van der Waals surface area contributed by atoms with E-state index in [0.29, 0.717) is 5.92 Å². The maximum Gasteiger partial charge on any atom is 0.0502 e. The van der Waals surface area contributed by atoms with E-state index in [1.165, 1.54) is 22.4 Å². The minimum atomic E-state index is 0.560. The molecule has 0 saturated heterocycles. The maximum atomic E-state index is 2.49. The van der Waals surface area contributed by atoms with Crippen LogP contribution in [0.4, 0.5) is 5.69 Å². The number of nitrogens with zero attached hydrogens (tertiary/aromatic N) is 1. The van der Waals surface area contributed by atoms with Gasteiger partial charge in [0.1, 0.15) is 0 Å². The van der Waals surface area contributed by atoms with Crippen molar-refractivity contribution < 1.29 is 0 Å². The van der Waals surface area contributed by atoms with Gasteiger partial charge in [0, 0.05) is 18.2 Å². The van der Waals surface area contributed by atoms with E-state index in [-0.39, 0.29) is 0 Å². The lowest BCUT2D eigenvalue weighted by molar-refractivity contribution is 0.671. The Kier molecular flexibility index (Phi) is 4.57. The number of rotatable bonds is 4. The molecule has 0 radical (unpaired) electrons. The molecule has 4 rings (SSSR count). The lowest BCUT2D eigenvalue weighted by Crippen LogP contribution is -2.29. The zero-order valence-electron chi connectivity index (χ0n) is 13.6. The molecule has 24 heavy (non-hydrogen) atoms. The molecule has 0 N–H and O–H groups in total. The van der Waals surface area contributed by atoms with Crippen LogP contribution in [0.25, 0.3) is 0 Å². The van der Waals surface area contributed by atoms with Crippen molar-refractivity contribution in [3.8, 4) is 0 Å².